The number of hydrogen-bond donors (Lipinski definition) is 1. The van der Waals surface area contributed by atoms with E-state index in [2.05, 4.69) is 15.5 Å². The van der Waals surface area contributed by atoms with Crippen LogP contribution in [0, 0.1) is 10.1 Å². The first kappa shape index (κ1) is 13.0. The second kappa shape index (κ2) is 5.47. The van der Waals surface area contributed by atoms with Crippen LogP contribution in [0.25, 0.3) is 11.5 Å². The van der Waals surface area contributed by atoms with E-state index in [0.29, 0.717) is 23.0 Å². The minimum absolute atomic E-state index is 0.0183. The Morgan fingerprint density at radius 3 is 2.89 bits per heavy atom. The Hall–Kier alpha value is -2.44. The molecular weight excluding hydrogens is 248 g/mol. The molecule has 1 N–H and O–H groups in total. The third-order valence-electron chi connectivity index (χ3n) is 2.65. The van der Waals surface area contributed by atoms with E-state index in [1.165, 1.54) is 6.07 Å². The molecule has 0 amide bonds. The first-order chi connectivity index (χ1) is 9.15. The Morgan fingerprint density at radius 1 is 1.47 bits per heavy atom. The summed E-state index contributed by atoms with van der Waals surface area (Å²) in [6.45, 7) is 2.02. The maximum Gasteiger partial charge on any atom is 0.293 e. The van der Waals surface area contributed by atoms with E-state index in [9.17, 15) is 10.1 Å². The molecule has 0 bridgehead atoms. The topological polar surface area (TPSA) is 94.1 Å². The summed E-state index contributed by atoms with van der Waals surface area (Å²) in [6, 6.07) is 4.76. The molecule has 1 heterocycles. The highest BCUT2D eigenvalue weighted by atomic mass is 16.6. The average Bonchev–Trinajstić information content (AvgIpc) is 2.87. The van der Waals surface area contributed by atoms with Crippen LogP contribution >= 0.6 is 0 Å². The van der Waals surface area contributed by atoms with Gasteiger partial charge in [0.15, 0.2) is 5.82 Å². The molecule has 19 heavy (non-hydrogen) atoms. The van der Waals surface area contributed by atoms with Crippen LogP contribution in [0.2, 0.25) is 0 Å². The average molecular weight is 262 g/mol. The number of nitrogens with one attached hydrogen (secondary N) is 1. The summed E-state index contributed by atoms with van der Waals surface area (Å²) >= 11 is 0. The zero-order valence-corrected chi connectivity index (χ0v) is 10.7. The molecule has 0 aliphatic heterocycles. The minimum Gasteiger partial charge on any atom is -0.383 e. The molecule has 1 aromatic carbocycles. The highest BCUT2D eigenvalue weighted by Gasteiger charge is 2.17. The molecule has 0 atom stereocenters. The molecular formula is C12H14N4O3. The van der Waals surface area contributed by atoms with Crippen molar-refractivity contribution in [2.75, 3.05) is 12.4 Å². The first-order valence-corrected chi connectivity index (χ1v) is 5.94. The van der Waals surface area contributed by atoms with Crippen molar-refractivity contribution in [3.63, 3.8) is 0 Å². The van der Waals surface area contributed by atoms with E-state index < -0.39 is 4.92 Å². The molecule has 0 saturated heterocycles. The van der Waals surface area contributed by atoms with Crippen LogP contribution < -0.4 is 5.32 Å². The fourth-order valence-electron chi connectivity index (χ4n) is 1.72. The van der Waals surface area contributed by atoms with Crippen molar-refractivity contribution in [2.45, 2.75) is 19.8 Å². The molecule has 1 aromatic heterocycles. The van der Waals surface area contributed by atoms with Crippen LogP contribution in [-0.2, 0) is 6.42 Å². The fraction of sp³-hybridized carbons (Fsp3) is 0.333. The zero-order valence-electron chi connectivity index (χ0n) is 10.7. The number of aromatic nitrogens is 2. The lowest BCUT2D eigenvalue weighted by Crippen LogP contribution is -1.96. The Labute approximate surface area is 109 Å². The predicted octanol–water partition coefficient (Wildman–Crippen LogP) is 2.64. The molecule has 0 radical (unpaired) electrons. The third kappa shape index (κ3) is 2.70. The first-order valence-electron chi connectivity index (χ1n) is 5.94. The van der Waals surface area contributed by atoms with Gasteiger partial charge >= 0.3 is 0 Å². The number of rotatable bonds is 5. The summed E-state index contributed by atoms with van der Waals surface area (Å²) in [6.07, 6.45) is 1.64. The molecule has 0 aliphatic carbocycles. The maximum atomic E-state index is 11.0. The molecule has 0 aliphatic rings. The van der Waals surface area contributed by atoms with E-state index in [-0.39, 0.29) is 5.69 Å². The van der Waals surface area contributed by atoms with Crippen molar-refractivity contribution in [1.29, 1.82) is 0 Å². The molecule has 7 heteroatoms. The SMILES string of the molecule is CCCc1noc(-c2ccc(NC)c([N+](=O)[O-])c2)n1. The summed E-state index contributed by atoms with van der Waals surface area (Å²) in [5, 5.41) is 17.6. The lowest BCUT2D eigenvalue weighted by molar-refractivity contribution is -0.383. The van der Waals surface area contributed by atoms with Crippen LogP contribution in [-0.4, -0.2) is 22.1 Å². The van der Waals surface area contributed by atoms with Crippen LogP contribution in [0.15, 0.2) is 22.7 Å². The summed E-state index contributed by atoms with van der Waals surface area (Å²) in [5.41, 5.74) is 0.970. The van der Waals surface area contributed by atoms with Gasteiger partial charge < -0.3 is 9.84 Å². The van der Waals surface area contributed by atoms with Crippen LogP contribution in [0.3, 0.4) is 0 Å². The Kier molecular flexibility index (Phi) is 3.74. The van der Waals surface area contributed by atoms with Gasteiger partial charge in [-0.25, -0.2) is 0 Å². The molecule has 0 unspecified atom stereocenters. The van der Waals surface area contributed by atoms with Crippen molar-refractivity contribution >= 4 is 11.4 Å². The van der Waals surface area contributed by atoms with Crippen LogP contribution in [0.5, 0.6) is 0 Å². The monoisotopic (exact) mass is 262 g/mol. The largest absolute Gasteiger partial charge is 0.383 e. The van der Waals surface area contributed by atoms with Gasteiger partial charge in [-0.2, -0.15) is 4.98 Å². The molecule has 7 nitrogen and oxygen atoms in total. The van der Waals surface area contributed by atoms with Crippen LogP contribution in [0.1, 0.15) is 19.2 Å². The van der Waals surface area contributed by atoms with E-state index in [0.717, 1.165) is 12.8 Å². The van der Waals surface area contributed by atoms with Crippen molar-refractivity contribution in [3.8, 4) is 11.5 Å². The summed E-state index contributed by atoms with van der Waals surface area (Å²) in [4.78, 5) is 14.7. The van der Waals surface area contributed by atoms with Crippen molar-refractivity contribution in [2.24, 2.45) is 0 Å². The molecule has 0 fully saturated rings. The van der Waals surface area contributed by atoms with Gasteiger partial charge in [0, 0.05) is 25.1 Å². The lowest BCUT2D eigenvalue weighted by atomic mass is 10.1. The van der Waals surface area contributed by atoms with E-state index >= 15 is 0 Å². The summed E-state index contributed by atoms with van der Waals surface area (Å²) in [7, 11) is 1.63. The number of hydrogen-bond acceptors (Lipinski definition) is 6. The van der Waals surface area contributed by atoms with Crippen molar-refractivity contribution < 1.29 is 9.45 Å². The maximum absolute atomic E-state index is 11.0. The zero-order chi connectivity index (χ0) is 13.8. The highest BCUT2D eigenvalue weighted by molar-refractivity contribution is 5.69. The number of nitro groups is 1. The van der Waals surface area contributed by atoms with Gasteiger partial charge in [0.1, 0.15) is 5.69 Å². The number of anilines is 1. The van der Waals surface area contributed by atoms with Gasteiger partial charge in [-0.1, -0.05) is 12.1 Å². The standard InChI is InChI=1S/C12H14N4O3/c1-3-4-11-14-12(19-15-11)8-5-6-9(13-2)10(7-8)16(17)18/h5-7,13H,3-4H2,1-2H3. The van der Waals surface area contributed by atoms with Gasteiger partial charge in [0.25, 0.3) is 11.6 Å². The Morgan fingerprint density at radius 2 is 2.26 bits per heavy atom. The number of benzene rings is 1. The number of nitrogens with zero attached hydrogens (tertiary/aromatic N) is 3. The van der Waals surface area contributed by atoms with E-state index in [4.69, 9.17) is 4.52 Å². The fourth-order valence-corrected chi connectivity index (χ4v) is 1.72. The smallest absolute Gasteiger partial charge is 0.293 e. The molecule has 0 saturated carbocycles. The third-order valence-corrected chi connectivity index (χ3v) is 2.65. The molecule has 2 rings (SSSR count). The van der Waals surface area contributed by atoms with E-state index in [1.807, 2.05) is 6.92 Å². The normalized spacial score (nSPS) is 10.4. The Bertz CT molecular complexity index is 594. The second-order valence-corrected chi connectivity index (χ2v) is 4.00. The van der Waals surface area contributed by atoms with Gasteiger partial charge in [-0.15, -0.1) is 0 Å². The second-order valence-electron chi connectivity index (χ2n) is 4.00. The molecule has 0 spiro atoms. The summed E-state index contributed by atoms with van der Waals surface area (Å²) in [5.74, 6) is 0.909. The minimum atomic E-state index is -0.446. The lowest BCUT2D eigenvalue weighted by Gasteiger charge is -2.02. The van der Waals surface area contributed by atoms with Crippen LogP contribution in [0.4, 0.5) is 11.4 Å². The van der Waals surface area contributed by atoms with Gasteiger partial charge in [0.2, 0.25) is 0 Å². The van der Waals surface area contributed by atoms with Crippen molar-refractivity contribution in [1.82, 2.24) is 10.1 Å². The van der Waals surface area contributed by atoms with E-state index in [1.54, 1.807) is 19.2 Å². The number of nitro benzene ring substituents is 1. The molecule has 100 valence electrons. The van der Waals surface area contributed by atoms with Gasteiger partial charge in [-0.3, -0.25) is 10.1 Å². The Balaban J connectivity index is 2.39. The molecule has 2 aromatic rings. The van der Waals surface area contributed by atoms with Gasteiger partial charge in [-0.05, 0) is 18.6 Å². The van der Waals surface area contributed by atoms with Gasteiger partial charge in [0.05, 0.1) is 4.92 Å². The summed E-state index contributed by atoms with van der Waals surface area (Å²) < 4.78 is 5.11. The number of aryl methyl sites for hydroxylation is 1. The predicted molar refractivity (Wildman–Crippen MR) is 69.9 cm³/mol. The van der Waals surface area contributed by atoms with Crippen molar-refractivity contribution in [3.05, 3.63) is 34.1 Å². The quantitative estimate of drug-likeness (QED) is 0.657. The highest BCUT2D eigenvalue weighted by Crippen LogP contribution is 2.29.